The number of carboxylic acid groups (broad SMARTS) is 2. The van der Waals surface area contributed by atoms with Gasteiger partial charge in [0.2, 0.25) is 0 Å². The van der Waals surface area contributed by atoms with Gasteiger partial charge in [0, 0.05) is 53.0 Å². The molecule has 0 unspecified atom stereocenters. The van der Waals surface area contributed by atoms with Crippen LogP contribution in [-0.2, 0) is 0 Å². The van der Waals surface area contributed by atoms with E-state index in [1.54, 1.807) is 36.4 Å². The molecule has 0 aliphatic heterocycles. The number of hydrogen-bond donors (Lipinski definition) is 3. The molecule has 0 saturated carbocycles. The molecule has 5 nitrogen and oxygen atoms in total. The van der Waals surface area contributed by atoms with Gasteiger partial charge >= 0.3 is 11.9 Å². The van der Waals surface area contributed by atoms with Crippen LogP contribution < -0.4 is 5.73 Å². The van der Waals surface area contributed by atoms with Crippen molar-refractivity contribution in [3.05, 3.63) is 77.9 Å². The molecule has 0 bridgehead atoms. The molecule has 0 saturated heterocycles. The summed E-state index contributed by atoms with van der Waals surface area (Å²) >= 11 is 0. The van der Waals surface area contributed by atoms with Crippen molar-refractivity contribution in [2.24, 2.45) is 0 Å². The maximum absolute atomic E-state index is 10.9. The number of aromatic carboxylic acids is 2. The Labute approximate surface area is 183 Å². The molecule has 3 rings (SSSR count). The fourth-order valence-electron chi connectivity index (χ4n) is 2.60. The molecule has 26 heavy (non-hydrogen) atoms. The van der Waals surface area contributed by atoms with Crippen LogP contribution in [-0.4, -0.2) is 22.2 Å². The van der Waals surface area contributed by atoms with Crippen molar-refractivity contribution in [3.8, 4) is 22.3 Å². The van der Waals surface area contributed by atoms with Crippen molar-refractivity contribution in [3.63, 3.8) is 0 Å². The first-order valence-corrected chi connectivity index (χ1v) is 7.52. The third-order valence-electron chi connectivity index (χ3n) is 3.96. The van der Waals surface area contributed by atoms with Gasteiger partial charge in [-0.05, 0) is 47.0 Å². The number of hydrogen-bond acceptors (Lipinski definition) is 3. The molecule has 0 aromatic heterocycles. The van der Waals surface area contributed by atoms with Crippen LogP contribution in [0.2, 0.25) is 0 Å². The van der Waals surface area contributed by atoms with Crippen molar-refractivity contribution in [2.45, 2.75) is 0 Å². The molecular formula is C20H15CeNO4. The van der Waals surface area contributed by atoms with E-state index in [2.05, 4.69) is 0 Å². The number of nitrogens with two attached hydrogens (primary N) is 1. The fourth-order valence-corrected chi connectivity index (χ4v) is 2.60. The summed E-state index contributed by atoms with van der Waals surface area (Å²) < 4.78 is 0. The van der Waals surface area contributed by atoms with Gasteiger partial charge in [-0.1, -0.05) is 36.4 Å². The quantitative estimate of drug-likeness (QED) is 0.498. The average Bonchev–Trinajstić information content (AvgIpc) is 2.62. The molecule has 0 radical (unpaired) electrons. The predicted molar refractivity (Wildman–Crippen MR) is 95.6 cm³/mol. The minimum atomic E-state index is -0.973. The van der Waals surface area contributed by atoms with Crippen molar-refractivity contribution in [1.29, 1.82) is 0 Å². The number of anilines is 1. The SMILES string of the molecule is Nc1cc(-c2ccc(C(=O)O)cc2)ccc1-c1ccc(C(=O)O)cc1.[Ce]. The predicted octanol–water partition coefficient (Wildman–Crippen LogP) is 4.00. The summed E-state index contributed by atoms with van der Waals surface area (Å²) in [6, 6.07) is 18.7. The summed E-state index contributed by atoms with van der Waals surface area (Å²) in [5.74, 6) is -1.94. The first-order valence-electron chi connectivity index (χ1n) is 7.52. The average molecular weight is 473 g/mol. The summed E-state index contributed by atoms with van der Waals surface area (Å²) in [6.45, 7) is 0. The van der Waals surface area contributed by atoms with E-state index in [1.165, 1.54) is 12.1 Å². The van der Waals surface area contributed by atoms with Crippen LogP contribution in [0.15, 0.2) is 66.7 Å². The van der Waals surface area contributed by atoms with E-state index in [0.717, 1.165) is 22.3 Å². The van der Waals surface area contributed by atoms with Gasteiger partial charge in [0.15, 0.2) is 0 Å². The molecule has 0 heterocycles. The Morgan fingerprint density at radius 1 is 0.654 bits per heavy atom. The number of nitrogen functional groups attached to an aromatic ring is 1. The van der Waals surface area contributed by atoms with Gasteiger partial charge < -0.3 is 15.9 Å². The van der Waals surface area contributed by atoms with E-state index < -0.39 is 11.9 Å². The number of carbonyl (C=O) groups is 2. The van der Waals surface area contributed by atoms with Gasteiger partial charge in [-0.15, -0.1) is 0 Å². The summed E-state index contributed by atoms with van der Waals surface area (Å²) in [6.07, 6.45) is 0. The van der Waals surface area contributed by atoms with E-state index in [4.69, 9.17) is 15.9 Å². The first-order chi connectivity index (χ1) is 12.0. The van der Waals surface area contributed by atoms with Crippen LogP contribution in [0.4, 0.5) is 5.69 Å². The molecule has 0 spiro atoms. The molecule has 0 atom stereocenters. The topological polar surface area (TPSA) is 101 Å². The maximum atomic E-state index is 10.9. The standard InChI is InChI=1S/C20H15NO4.Ce/c21-18-11-16(12-1-5-14(6-2-12)19(22)23)9-10-17(18)13-3-7-15(8-4-13)20(24)25;/h1-11H,21H2,(H,22,23)(H,24,25);. The first kappa shape index (κ1) is 20.1. The second-order valence-electron chi connectivity index (χ2n) is 5.57. The minimum absolute atomic E-state index is 0. The van der Waals surface area contributed by atoms with Crippen LogP contribution in [0.25, 0.3) is 22.3 Å². The monoisotopic (exact) mass is 473 g/mol. The van der Waals surface area contributed by atoms with Crippen molar-refractivity contribution in [1.82, 2.24) is 0 Å². The summed E-state index contributed by atoms with van der Waals surface area (Å²) in [4.78, 5) is 21.8. The van der Waals surface area contributed by atoms with Gasteiger partial charge in [-0.3, -0.25) is 0 Å². The molecule has 6 heteroatoms. The number of benzene rings is 3. The molecule has 0 fully saturated rings. The fraction of sp³-hybridized carbons (Fsp3) is 0. The largest absolute Gasteiger partial charge is 0.478 e. The van der Waals surface area contributed by atoms with E-state index in [-0.39, 0.29) is 52.9 Å². The van der Waals surface area contributed by atoms with Crippen LogP contribution in [0.5, 0.6) is 0 Å². The third-order valence-corrected chi connectivity index (χ3v) is 3.96. The molecule has 4 N–H and O–H groups in total. The van der Waals surface area contributed by atoms with E-state index in [9.17, 15) is 9.59 Å². The number of rotatable bonds is 4. The van der Waals surface area contributed by atoms with Crippen molar-refractivity contribution >= 4 is 17.6 Å². The Balaban J connectivity index is 0.00000243. The van der Waals surface area contributed by atoms with E-state index in [1.807, 2.05) is 18.2 Å². The van der Waals surface area contributed by atoms with Gasteiger partial charge in [-0.25, -0.2) is 9.59 Å². The molecule has 0 amide bonds. The summed E-state index contributed by atoms with van der Waals surface area (Å²) in [5.41, 5.74) is 10.5. The van der Waals surface area contributed by atoms with E-state index >= 15 is 0 Å². The minimum Gasteiger partial charge on any atom is -0.478 e. The summed E-state index contributed by atoms with van der Waals surface area (Å²) in [5, 5.41) is 17.9. The molecule has 0 aliphatic carbocycles. The van der Waals surface area contributed by atoms with Crippen LogP contribution >= 0.6 is 0 Å². The Morgan fingerprint density at radius 3 is 1.50 bits per heavy atom. The molecule has 0 aliphatic rings. The molecule has 128 valence electrons. The Kier molecular flexibility index (Phi) is 6.52. The zero-order chi connectivity index (χ0) is 18.0. The van der Waals surface area contributed by atoms with Crippen LogP contribution in [0, 0.1) is 41.7 Å². The van der Waals surface area contributed by atoms with Crippen molar-refractivity contribution in [2.75, 3.05) is 5.73 Å². The molecule has 3 aromatic rings. The maximum Gasteiger partial charge on any atom is 0.335 e. The van der Waals surface area contributed by atoms with Gasteiger partial charge in [-0.2, -0.15) is 0 Å². The van der Waals surface area contributed by atoms with Gasteiger partial charge in [0.05, 0.1) is 11.1 Å². The zero-order valence-electron chi connectivity index (χ0n) is 13.6. The van der Waals surface area contributed by atoms with Crippen LogP contribution in [0.1, 0.15) is 20.7 Å². The second-order valence-corrected chi connectivity index (χ2v) is 5.57. The smallest absolute Gasteiger partial charge is 0.335 e. The summed E-state index contributed by atoms with van der Waals surface area (Å²) in [7, 11) is 0. The molecular weight excluding hydrogens is 458 g/mol. The number of carboxylic acids is 2. The molecule has 3 aromatic carbocycles. The van der Waals surface area contributed by atoms with Crippen LogP contribution in [0.3, 0.4) is 0 Å². The third kappa shape index (κ3) is 4.30. The Bertz CT molecular complexity index is 951. The Morgan fingerprint density at radius 2 is 1.08 bits per heavy atom. The second kappa shape index (κ2) is 8.44. The normalized spacial score (nSPS) is 10.0. The Hall–Kier alpha value is -2.22. The zero-order valence-corrected chi connectivity index (χ0v) is 16.8. The van der Waals surface area contributed by atoms with Gasteiger partial charge in [0.1, 0.15) is 0 Å². The van der Waals surface area contributed by atoms with E-state index in [0.29, 0.717) is 5.69 Å². The van der Waals surface area contributed by atoms with Crippen molar-refractivity contribution < 1.29 is 61.5 Å². The van der Waals surface area contributed by atoms with Gasteiger partial charge in [0.25, 0.3) is 0 Å².